The standard InChI is InChI=1S/C45H32N2/c1-45(2)39-25-13-24-37(43(39)38-26-31-17-6-7-18-32(31)27-40(38)45)34-21-10-11-22-36(34)42-28-41(46-44(47-42)30-15-4-3-5-16-30)35-23-12-19-29-14-8-9-20-33(29)35/h3-28H,1-2H3. The van der Waals surface area contributed by atoms with Crippen LogP contribution in [0.15, 0.2) is 158 Å². The Morgan fingerprint density at radius 2 is 0.979 bits per heavy atom. The normalized spacial score (nSPS) is 13.1. The molecule has 0 saturated heterocycles. The molecule has 222 valence electrons. The fourth-order valence-electron chi connectivity index (χ4n) is 7.53. The molecular weight excluding hydrogens is 569 g/mol. The van der Waals surface area contributed by atoms with Gasteiger partial charge in [0.2, 0.25) is 0 Å². The van der Waals surface area contributed by atoms with Crippen LogP contribution in [0, 0.1) is 0 Å². The molecule has 0 bridgehead atoms. The molecule has 47 heavy (non-hydrogen) atoms. The van der Waals surface area contributed by atoms with Gasteiger partial charge in [-0.1, -0.05) is 153 Å². The Bertz CT molecular complexity index is 2490. The number of aromatic nitrogens is 2. The summed E-state index contributed by atoms with van der Waals surface area (Å²) in [6.45, 7) is 4.71. The van der Waals surface area contributed by atoms with E-state index in [4.69, 9.17) is 9.97 Å². The smallest absolute Gasteiger partial charge is 0.160 e. The Kier molecular flexibility index (Phi) is 6.20. The highest BCUT2D eigenvalue weighted by atomic mass is 14.9. The van der Waals surface area contributed by atoms with Crippen LogP contribution >= 0.6 is 0 Å². The van der Waals surface area contributed by atoms with E-state index in [1.165, 1.54) is 54.9 Å². The average molecular weight is 601 g/mol. The predicted octanol–water partition coefficient (Wildman–Crippen LogP) is 11.8. The van der Waals surface area contributed by atoms with Gasteiger partial charge in [-0.05, 0) is 73.1 Å². The van der Waals surface area contributed by atoms with Crippen molar-refractivity contribution in [2.45, 2.75) is 19.3 Å². The lowest BCUT2D eigenvalue weighted by atomic mass is 9.81. The van der Waals surface area contributed by atoms with Gasteiger partial charge in [-0.25, -0.2) is 9.97 Å². The lowest BCUT2D eigenvalue weighted by Gasteiger charge is -2.22. The van der Waals surface area contributed by atoms with E-state index in [1.54, 1.807) is 0 Å². The molecule has 8 aromatic rings. The molecule has 0 saturated carbocycles. The molecule has 0 aliphatic heterocycles. The van der Waals surface area contributed by atoms with Crippen LogP contribution in [0.2, 0.25) is 0 Å². The molecule has 0 unspecified atom stereocenters. The highest BCUT2D eigenvalue weighted by molar-refractivity contribution is 6.01. The van der Waals surface area contributed by atoms with Crippen molar-refractivity contribution < 1.29 is 0 Å². The van der Waals surface area contributed by atoms with E-state index in [0.29, 0.717) is 0 Å². The van der Waals surface area contributed by atoms with Crippen LogP contribution in [0.25, 0.3) is 77.7 Å². The summed E-state index contributed by atoms with van der Waals surface area (Å²) in [5.74, 6) is 0.720. The second-order valence-corrected chi connectivity index (χ2v) is 13.0. The topological polar surface area (TPSA) is 25.8 Å². The summed E-state index contributed by atoms with van der Waals surface area (Å²) in [5.41, 5.74) is 12.7. The molecule has 9 rings (SSSR count). The Morgan fingerprint density at radius 1 is 0.404 bits per heavy atom. The minimum Gasteiger partial charge on any atom is -0.228 e. The first kappa shape index (κ1) is 27.5. The van der Waals surface area contributed by atoms with Gasteiger partial charge in [-0.3, -0.25) is 0 Å². The molecule has 0 fully saturated rings. The molecule has 1 heterocycles. The van der Waals surface area contributed by atoms with Gasteiger partial charge in [0.1, 0.15) is 0 Å². The molecule has 2 nitrogen and oxygen atoms in total. The number of fused-ring (bicyclic) bond motifs is 5. The first-order chi connectivity index (χ1) is 23.1. The van der Waals surface area contributed by atoms with Crippen molar-refractivity contribution in [3.05, 3.63) is 169 Å². The summed E-state index contributed by atoms with van der Waals surface area (Å²) in [4.78, 5) is 10.4. The molecule has 1 aliphatic rings. The Morgan fingerprint density at radius 3 is 1.79 bits per heavy atom. The van der Waals surface area contributed by atoms with Gasteiger partial charge in [0.25, 0.3) is 0 Å². The van der Waals surface area contributed by atoms with Crippen LogP contribution in [0.1, 0.15) is 25.0 Å². The van der Waals surface area contributed by atoms with Gasteiger partial charge in [0.15, 0.2) is 5.82 Å². The van der Waals surface area contributed by atoms with Crippen LogP contribution in [0.4, 0.5) is 0 Å². The minimum absolute atomic E-state index is 0.115. The molecular formula is C45H32N2. The van der Waals surface area contributed by atoms with Crippen molar-refractivity contribution in [3.8, 4) is 56.2 Å². The number of rotatable bonds is 4. The van der Waals surface area contributed by atoms with E-state index < -0.39 is 0 Å². The SMILES string of the molecule is CC1(C)c2cc3ccccc3cc2-c2c(-c3ccccc3-c3cc(-c4cccc5ccccc45)nc(-c4ccccc4)n3)cccc21. The van der Waals surface area contributed by atoms with Gasteiger partial charge in [-0.15, -0.1) is 0 Å². The first-order valence-corrected chi connectivity index (χ1v) is 16.3. The van der Waals surface area contributed by atoms with Crippen molar-refractivity contribution in [2.24, 2.45) is 0 Å². The van der Waals surface area contributed by atoms with Crippen LogP contribution in [0.3, 0.4) is 0 Å². The van der Waals surface area contributed by atoms with Gasteiger partial charge in [-0.2, -0.15) is 0 Å². The molecule has 7 aromatic carbocycles. The lowest BCUT2D eigenvalue weighted by Crippen LogP contribution is -2.14. The summed E-state index contributed by atoms with van der Waals surface area (Å²) in [7, 11) is 0. The Labute approximate surface area is 275 Å². The highest BCUT2D eigenvalue weighted by Crippen LogP contribution is 2.54. The van der Waals surface area contributed by atoms with Crippen molar-refractivity contribution in [1.29, 1.82) is 0 Å². The van der Waals surface area contributed by atoms with E-state index in [9.17, 15) is 0 Å². The highest BCUT2D eigenvalue weighted by Gasteiger charge is 2.37. The first-order valence-electron chi connectivity index (χ1n) is 16.3. The van der Waals surface area contributed by atoms with Gasteiger partial charge in [0, 0.05) is 22.1 Å². The Hall–Kier alpha value is -5.86. The molecule has 2 heteroatoms. The zero-order chi connectivity index (χ0) is 31.5. The van der Waals surface area contributed by atoms with Crippen molar-refractivity contribution >= 4 is 21.5 Å². The maximum atomic E-state index is 5.26. The Balaban J connectivity index is 1.30. The second-order valence-electron chi connectivity index (χ2n) is 13.0. The van der Waals surface area contributed by atoms with E-state index in [0.717, 1.165) is 33.9 Å². The maximum absolute atomic E-state index is 5.26. The third kappa shape index (κ3) is 4.40. The number of hydrogen-bond donors (Lipinski definition) is 0. The molecule has 1 aliphatic carbocycles. The molecule has 0 atom stereocenters. The number of hydrogen-bond acceptors (Lipinski definition) is 2. The number of nitrogens with zero attached hydrogens (tertiary/aromatic N) is 2. The molecule has 0 radical (unpaired) electrons. The quantitative estimate of drug-likeness (QED) is 0.201. The monoisotopic (exact) mass is 600 g/mol. The second kappa shape index (κ2) is 10.6. The van der Waals surface area contributed by atoms with Crippen LogP contribution in [-0.4, -0.2) is 9.97 Å². The number of benzene rings is 7. The molecule has 1 aromatic heterocycles. The van der Waals surface area contributed by atoms with Gasteiger partial charge < -0.3 is 0 Å². The third-order valence-electron chi connectivity index (χ3n) is 9.88. The largest absolute Gasteiger partial charge is 0.228 e. The van der Waals surface area contributed by atoms with Crippen molar-refractivity contribution in [2.75, 3.05) is 0 Å². The lowest BCUT2D eigenvalue weighted by molar-refractivity contribution is 0.661. The summed E-state index contributed by atoms with van der Waals surface area (Å²) in [6.07, 6.45) is 0. The summed E-state index contributed by atoms with van der Waals surface area (Å²) < 4.78 is 0. The fourth-order valence-corrected chi connectivity index (χ4v) is 7.53. The zero-order valence-corrected chi connectivity index (χ0v) is 26.4. The third-order valence-corrected chi connectivity index (χ3v) is 9.88. The van der Waals surface area contributed by atoms with Crippen molar-refractivity contribution in [1.82, 2.24) is 9.97 Å². The van der Waals surface area contributed by atoms with E-state index >= 15 is 0 Å². The van der Waals surface area contributed by atoms with Crippen LogP contribution < -0.4 is 0 Å². The zero-order valence-electron chi connectivity index (χ0n) is 26.4. The van der Waals surface area contributed by atoms with Crippen molar-refractivity contribution in [3.63, 3.8) is 0 Å². The molecule has 0 amide bonds. The van der Waals surface area contributed by atoms with Gasteiger partial charge in [0.05, 0.1) is 11.4 Å². The summed E-state index contributed by atoms with van der Waals surface area (Å²) in [5, 5.41) is 4.92. The molecule has 0 spiro atoms. The summed E-state index contributed by atoms with van der Waals surface area (Å²) >= 11 is 0. The van der Waals surface area contributed by atoms with E-state index in [2.05, 4.69) is 153 Å². The van der Waals surface area contributed by atoms with E-state index in [1.807, 2.05) is 18.2 Å². The predicted molar refractivity (Wildman–Crippen MR) is 196 cm³/mol. The van der Waals surface area contributed by atoms with E-state index in [-0.39, 0.29) is 5.41 Å². The molecule has 0 N–H and O–H groups in total. The maximum Gasteiger partial charge on any atom is 0.160 e. The van der Waals surface area contributed by atoms with Gasteiger partial charge >= 0.3 is 0 Å². The fraction of sp³-hybridized carbons (Fsp3) is 0.0667. The minimum atomic E-state index is -0.115. The van der Waals surface area contributed by atoms with Crippen LogP contribution in [-0.2, 0) is 5.41 Å². The average Bonchev–Trinajstić information content (AvgIpc) is 3.36. The summed E-state index contributed by atoms with van der Waals surface area (Å²) in [6, 6.07) is 56.5. The van der Waals surface area contributed by atoms with Crippen LogP contribution in [0.5, 0.6) is 0 Å².